The summed E-state index contributed by atoms with van der Waals surface area (Å²) in [6.07, 6.45) is 0. The first-order chi connectivity index (χ1) is 10.6. The van der Waals surface area contributed by atoms with Crippen LogP contribution in [0.3, 0.4) is 0 Å². The number of para-hydroxylation sites is 1. The summed E-state index contributed by atoms with van der Waals surface area (Å²) in [5.41, 5.74) is 0.938. The minimum absolute atomic E-state index is 0.0790. The number of likely N-dealkylation sites (N-methyl/N-ethyl adjacent to an activating group) is 1. The molecule has 0 bridgehead atoms. The minimum Gasteiger partial charge on any atom is -0.496 e. The molecule has 7 heteroatoms. The number of aromatic nitrogens is 2. The second-order valence-electron chi connectivity index (χ2n) is 4.98. The van der Waals surface area contributed by atoms with Gasteiger partial charge in [0.2, 0.25) is 17.7 Å². The molecule has 2 rings (SSSR count). The van der Waals surface area contributed by atoms with Crippen molar-refractivity contribution in [3.8, 4) is 5.75 Å². The topological polar surface area (TPSA) is 80.5 Å². The molecule has 2 aromatic rings. The molecule has 1 heterocycles. The van der Waals surface area contributed by atoms with E-state index in [4.69, 9.17) is 9.15 Å². The summed E-state index contributed by atoms with van der Waals surface area (Å²) in [5.74, 6) is 1.70. The number of benzene rings is 1. The van der Waals surface area contributed by atoms with Crippen LogP contribution in [0, 0.1) is 6.92 Å². The number of ether oxygens (including phenoxy) is 1. The van der Waals surface area contributed by atoms with Crippen LogP contribution in [-0.4, -0.2) is 41.7 Å². The molecule has 1 aromatic heterocycles. The van der Waals surface area contributed by atoms with Crippen molar-refractivity contribution < 1.29 is 13.9 Å². The van der Waals surface area contributed by atoms with Crippen LogP contribution in [0.1, 0.15) is 17.3 Å². The van der Waals surface area contributed by atoms with Gasteiger partial charge < -0.3 is 14.5 Å². The van der Waals surface area contributed by atoms with Gasteiger partial charge in [-0.05, 0) is 13.1 Å². The Morgan fingerprint density at radius 2 is 2.14 bits per heavy atom. The van der Waals surface area contributed by atoms with Gasteiger partial charge in [0.25, 0.3) is 0 Å². The molecule has 0 aliphatic heterocycles. The summed E-state index contributed by atoms with van der Waals surface area (Å²) >= 11 is 0. The Morgan fingerprint density at radius 1 is 1.36 bits per heavy atom. The van der Waals surface area contributed by atoms with E-state index in [1.54, 1.807) is 14.0 Å². The number of rotatable bonds is 7. The summed E-state index contributed by atoms with van der Waals surface area (Å²) in [5, 5.41) is 10.5. The zero-order valence-corrected chi connectivity index (χ0v) is 13.0. The molecular weight excluding hydrogens is 284 g/mol. The molecule has 0 aliphatic carbocycles. The zero-order valence-electron chi connectivity index (χ0n) is 13.0. The SMILES string of the molecule is COc1ccccc1CNC(=O)CN(C)Cc1nnc(C)o1. The second-order valence-corrected chi connectivity index (χ2v) is 4.98. The molecule has 0 unspecified atom stereocenters. The van der Waals surface area contributed by atoms with Crippen molar-refractivity contribution in [3.05, 3.63) is 41.6 Å². The third kappa shape index (κ3) is 4.56. The quantitative estimate of drug-likeness (QED) is 0.826. The fourth-order valence-electron chi connectivity index (χ4n) is 2.03. The predicted molar refractivity (Wildman–Crippen MR) is 80.2 cm³/mol. The molecule has 1 N–H and O–H groups in total. The Morgan fingerprint density at radius 3 is 2.82 bits per heavy atom. The summed E-state index contributed by atoms with van der Waals surface area (Å²) in [6.45, 7) is 2.84. The smallest absolute Gasteiger partial charge is 0.234 e. The number of nitrogens with one attached hydrogen (secondary N) is 1. The van der Waals surface area contributed by atoms with E-state index in [2.05, 4.69) is 15.5 Å². The summed E-state index contributed by atoms with van der Waals surface area (Å²) < 4.78 is 10.5. The highest BCUT2D eigenvalue weighted by atomic mass is 16.5. The van der Waals surface area contributed by atoms with Crippen molar-refractivity contribution in [1.29, 1.82) is 0 Å². The van der Waals surface area contributed by atoms with Gasteiger partial charge in [-0.2, -0.15) is 0 Å². The number of amides is 1. The summed E-state index contributed by atoms with van der Waals surface area (Å²) in [4.78, 5) is 13.8. The van der Waals surface area contributed by atoms with Gasteiger partial charge in [-0.1, -0.05) is 18.2 Å². The maximum absolute atomic E-state index is 12.0. The first-order valence-corrected chi connectivity index (χ1v) is 6.94. The van der Waals surface area contributed by atoms with Gasteiger partial charge in [-0.25, -0.2) is 0 Å². The highest BCUT2D eigenvalue weighted by molar-refractivity contribution is 5.78. The molecule has 7 nitrogen and oxygen atoms in total. The van der Waals surface area contributed by atoms with Crippen LogP contribution < -0.4 is 10.1 Å². The van der Waals surface area contributed by atoms with Crippen LogP contribution in [0.2, 0.25) is 0 Å². The Balaban J connectivity index is 1.80. The third-order valence-corrected chi connectivity index (χ3v) is 3.06. The normalized spacial score (nSPS) is 10.7. The number of aryl methyl sites for hydroxylation is 1. The molecule has 0 aliphatic rings. The Bertz CT molecular complexity index is 627. The van der Waals surface area contributed by atoms with E-state index in [0.29, 0.717) is 24.9 Å². The van der Waals surface area contributed by atoms with Gasteiger partial charge in [0.05, 0.1) is 20.2 Å². The van der Waals surface area contributed by atoms with E-state index in [9.17, 15) is 4.79 Å². The Kier molecular flexibility index (Phi) is 5.48. The number of carbonyl (C=O) groups excluding carboxylic acids is 1. The van der Waals surface area contributed by atoms with Gasteiger partial charge in [0.1, 0.15) is 5.75 Å². The molecule has 1 amide bonds. The average molecular weight is 304 g/mol. The van der Waals surface area contributed by atoms with E-state index in [1.165, 1.54) is 0 Å². The number of methoxy groups -OCH3 is 1. The summed E-state index contributed by atoms with van der Waals surface area (Å²) in [7, 11) is 3.43. The van der Waals surface area contributed by atoms with Crippen molar-refractivity contribution in [1.82, 2.24) is 20.4 Å². The van der Waals surface area contributed by atoms with Crippen LogP contribution in [-0.2, 0) is 17.9 Å². The van der Waals surface area contributed by atoms with Gasteiger partial charge >= 0.3 is 0 Å². The van der Waals surface area contributed by atoms with Crippen LogP contribution in [0.4, 0.5) is 0 Å². The number of nitrogens with zero attached hydrogens (tertiary/aromatic N) is 3. The molecule has 118 valence electrons. The summed E-state index contributed by atoms with van der Waals surface area (Å²) in [6, 6.07) is 7.59. The predicted octanol–water partition coefficient (Wildman–Crippen LogP) is 1.13. The average Bonchev–Trinajstić information content (AvgIpc) is 2.90. The van der Waals surface area contributed by atoms with E-state index in [-0.39, 0.29) is 12.5 Å². The van der Waals surface area contributed by atoms with Crippen LogP contribution >= 0.6 is 0 Å². The third-order valence-electron chi connectivity index (χ3n) is 3.06. The minimum atomic E-state index is -0.0790. The van der Waals surface area contributed by atoms with Crippen LogP contribution in [0.25, 0.3) is 0 Å². The molecule has 22 heavy (non-hydrogen) atoms. The maximum atomic E-state index is 12.0. The van der Waals surface area contributed by atoms with Crippen molar-refractivity contribution in [2.45, 2.75) is 20.0 Å². The molecule has 0 saturated carbocycles. The molecule has 0 saturated heterocycles. The number of hydrogen-bond donors (Lipinski definition) is 1. The fraction of sp³-hybridized carbons (Fsp3) is 0.400. The zero-order chi connectivity index (χ0) is 15.9. The van der Waals surface area contributed by atoms with Gasteiger partial charge in [0.15, 0.2) is 0 Å². The van der Waals surface area contributed by atoms with Gasteiger partial charge in [0, 0.05) is 19.0 Å². The first-order valence-electron chi connectivity index (χ1n) is 6.94. The molecule has 1 aromatic carbocycles. The Hall–Kier alpha value is -2.41. The van der Waals surface area contributed by atoms with Crippen molar-refractivity contribution in [3.63, 3.8) is 0 Å². The highest BCUT2D eigenvalue weighted by Crippen LogP contribution is 2.16. The van der Waals surface area contributed by atoms with E-state index < -0.39 is 0 Å². The second kappa shape index (κ2) is 7.56. The van der Waals surface area contributed by atoms with Gasteiger partial charge in [-0.15, -0.1) is 10.2 Å². The van der Waals surface area contributed by atoms with Crippen LogP contribution in [0.5, 0.6) is 5.75 Å². The molecule has 0 atom stereocenters. The molecule has 0 fully saturated rings. The standard InChI is InChI=1S/C15H20N4O3/c1-11-17-18-15(22-11)10-19(2)9-14(20)16-8-12-6-4-5-7-13(12)21-3/h4-7H,8-10H2,1-3H3,(H,16,20). The molecular formula is C15H20N4O3. The first kappa shape index (κ1) is 16.0. The maximum Gasteiger partial charge on any atom is 0.234 e. The lowest BCUT2D eigenvalue weighted by molar-refractivity contribution is -0.122. The van der Waals surface area contributed by atoms with Crippen molar-refractivity contribution >= 4 is 5.91 Å². The largest absolute Gasteiger partial charge is 0.496 e. The van der Waals surface area contributed by atoms with Crippen molar-refractivity contribution in [2.75, 3.05) is 20.7 Å². The number of carbonyl (C=O) groups is 1. The van der Waals surface area contributed by atoms with Gasteiger partial charge in [-0.3, -0.25) is 9.69 Å². The lowest BCUT2D eigenvalue weighted by Crippen LogP contribution is -2.34. The monoisotopic (exact) mass is 304 g/mol. The Labute approximate surface area is 129 Å². The molecule has 0 spiro atoms. The number of hydrogen-bond acceptors (Lipinski definition) is 6. The van der Waals surface area contributed by atoms with E-state index in [0.717, 1.165) is 11.3 Å². The van der Waals surface area contributed by atoms with Crippen molar-refractivity contribution in [2.24, 2.45) is 0 Å². The van der Waals surface area contributed by atoms with E-state index in [1.807, 2.05) is 36.2 Å². The molecule has 0 radical (unpaired) electrons. The lowest BCUT2D eigenvalue weighted by Gasteiger charge is -2.14. The highest BCUT2D eigenvalue weighted by Gasteiger charge is 2.11. The van der Waals surface area contributed by atoms with E-state index >= 15 is 0 Å². The van der Waals surface area contributed by atoms with Crippen LogP contribution in [0.15, 0.2) is 28.7 Å². The lowest BCUT2D eigenvalue weighted by atomic mass is 10.2. The fourth-order valence-corrected chi connectivity index (χ4v) is 2.03.